The smallest absolute Gasteiger partial charge is 0.418 e. The number of ether oxygens (including phenoxy) is 1. The number of hydrogen-bond donors (Lipinski definition) is 2. The molecule has 1 aromatic carbocycles. The van der Waals surface area contributed by atoms with Crippen LogP contribution in [0.2, 0.25) is 0 Å². The SMILES string of the molecule is CC(C)(C)OC(=O)N(CCN)C(=O)Nc1ccc(Br)cc1. The summed E-state index contributed by atoms with van der Waals surface area (Å²) < 4.78 is 6.09. The molecule has 7 heteroatoms. The average molecular weight is 358 g/mol. The molecule has 0 heterocycles. The van der Waals surface area contributed by atoms with E-state index in [1.807, 2.05) is 0 Å². The lowest BCUT2D eigenvalue weighted by Crippen LogP contribution is -2.45. The second kappa shape index (κ2) is 7.42. The van der Waals surface area contributed by atoms with Crippen molar-refractivity contribution in [2.75, 3.05) is 18.4 Å². The normalized spacial score (nSPS) is 10.9. The molecule has 0 atom stereocenters. The lowest BCUT2D eigenvalue weighted by molar-refractivity contribution is 0.0337. The molecule has 0 saturated carbocycles. The summed E-state index contributed by atoms with van der Waals surface area (Å²) in [6.45, 7) is 5.44. The molecule has 0 radical (unpaired) electrons. The molecule has 3 N–H and O–H groups in total. The van der Waals surface area contributed by atoms with Crippen LogP contribution in [0.1, 0.15) is 20.8 Å². The first-order valence-corrected chi connectivity index (χ1v) is 7.29. The summed E-state index contributed by atoms with van der Waals surface area (Å²) in [5, 5.41) is 2.63. The predicted octanol–water partition coefficient (Wildman–Crippen LogP) is 3.18. The lowest BCUT2D eigenvalue weighted by Gasteiger charge is -2.26. The van der Waals surface area contributed by atoms with Gasteiger partial charge < -0.3 is 15.8 Å². The Labute approximate surface area is 132 Å². The Morgan fingerprint density at radius 3 is 2.33 bits per heavy atom. The summed E-state index contributed by atoms with van der Waals surface area (Å²) in [6.07, 6.45) is -0.720. The molecule has 0 saturated heterocycles. The van der Waals surface area contributed by atoms with E-state index >= 15 is 0 Å². The molecule has 0 aliphatic rings. The maximum atomic E-state index is 12.2. The van der Waals surface area contributed by atoms with E-state index in [1.54, 1.807) is 45.0 Å². The third-order valence-corrected chi connectivity index (χ3v) is 2.84. The highest BCUT2D eigenvalue weighted by Crippen LogP contribution is 2.15. The molecule has 0 aromatic heterocycles. The zero-order chi connectivity index (χ0) is 16.0. The van der Waals surface area contributed by atoms with Crippen LogP contribution in [0.15, 0.2) is 28.7 Å². The number of carbonyl (C=O) groups is 2. The molecule has 0 unspecified atom stereocenters. The van der Waals surface area contributed by atoms with Gasteiger partial charge in [-0.25, -0.2) is 14.5 Å². The van der Waals surface area contributed by atoms with Gasteiger partial charge in [0.1, 0.15) is 5.60 Å². The molecule has 0 aliphatic carbocycles. The number of anilines is 1. The Kier molecular flexibility index (Phi) is 6.17. The van der Waals surface area contributed by atoms with Gasteiger partial charge in [0.25, 0.3) is 0 Å². The number of halogens is 1. The van der Waals surface area contributed by atoms with Crippen LogP contribution in [-0.2, 0) is 4.74 Å². The topological polar surface area (TPSA) is 84.7 Å². The first kappa shape index (κ1) is 17.5. The monoisotopic (exact) mass is 357 g/mol. The van der Waals surface area contributed by atoms with Crippen LogP contribution in [0.25, 0.3) is 0 Å². The number of imide groups is 1. The van der Waals surface area contributed by atoms with E-state index in [9.17, 15) is 9.59 Å². The molecule has 21 heavy (non-hydrogen) atoms. The molecule has 1 rings (SSSR count). The number of hydrogen-bond acceptors (Lipinski definition) is 4. The Hall–Kier alpha value is -1.60. The van der Waals surface area contributed by atoms with Gasteiger partial charge in [-0.05, 0) is 45.0 Å². The summed E-state index contributed by atoms with van der Waals surface area (Å²) in [4.78, 5) is 25.1. The molecule has 0 bridgehead atoms. The van der Waals surface area contributed by atoms with Crippen molar-refractivity contribution in [3.8, 4) is 0 Å². The van der Waals surface area contributed by atoms with Crippen LogP contribution in [0.4, 0.5) is 15.3 Å². The molecule has 116 valence electrons. The Morgan fingerprint density at radius 1 is 1.29 bits per heavy atom. The number of urea groups is 1. The van der Waals surface area contributed by atoms with Crippen LogP contribution in [0.3, 0.4) is 0 Å². The van der Waals surface area contributed by atoms with Crippen molar-refractivity contribution in [3.05, 3.63) is 28.7 Å². The Morgan fingerprint density at radius 2 is 1.86 bits per heavy atom. The second-order valence-electron chi connectivity index (χ2n) is 5.36. The van der Waals surface area contributed by atoms with Gasteiger partial charge in [-0.2, -0.15) is 0 Å². The Bertz CT molecular complexity index is 497. The summed E-state index contributed by atoms with van der Waals surface area (Å²) in [5.41, 5.74) is 5.35. The quantitative estimate of drug-likeness (QED) is 0.869. The third kappa shape index (κ3) is 6.14. The molecule has 0 spiro atoms. The summed E-state index contributed by atoms with van der Waals surface area (Å²) in [5.74, 6) is 0. The first-order valence-electron chi connectivity index (χ1n) is 6.50. The molecule has 0 aliphatic heterocycles. The largest absolute Gasteiger partial charge is 0.443 e. The fraction of sp³-hybridized carbons (Fsp3) is 0.429. The van der Waals surface area contributed by atoms with E-state index in [1.165, 1.54) is 0 Å². The number of nitrogens with zero attached hydrogens (tertiary/aromatic N) is 1. The minimum atomic E-state index is -0.720. The summed E-state index contributed by atoms with van der Waals surface area (Å²) in [6, 6.07) is 6.44. The van der Waals surface area contributed by atoms with Crippen molar-refractivity contribution in [1.82, 2.24) is 4.90 Å². The van der Waals surface area contributed by atoms with Gasteiger partial charge >= 0.3 is 12.1 Å². The maximum Gasteiger partial charge on any atom is 0.418 e. The predicted molar refractivity (Wildman–Crippen MR) is 85.2 cm³/mol. The maximum absolute atomic E-state index is 12.2. The van der Waals surface area contributed by atoms with Crippen LogP contribution < -0.4 is 11.1 Å². The minimum absolute atomic E-state index is 0.0806. The molecule has 1 aromatic rings. The van der Waals surface area contributed by atoms with Gasteiger partial charge in [-0.3, -0.25) is 0 Å². The van der Waals surface area contributed by atoms with Gasteiger partial charge in [0.2, 0.25) is 0 Å². The van der Waals surface area contributed by atoms with Crippen molar-refractivity contribution in [2.45, 2.75) is 26.4 Å². The minimum Gasteiger partial charge on any atom is -0.443 e. The van der Waals surface area contributed by atoms with Gasteiger partial charge in [0.15, 0.2) is 0 Å². The standard InChI is InChI=1S/C14H20BrN3O3/c1-14(2,3)21-13(20)18(9-8-16)12(19)17-11-6-4-10(15)5-7-11/h4-7H,8-9,16H2,1-3H3,(H,17,19). The van der Waals surface area contributed by atoms with Crippen molar-refractivity contribution in [2.24, 2.45) is 5.73 Å². The fourth-order valence-corrected chi connectivity index (χ4v) is 1.71. The molecule has 0 fully saturated rings. The van der Waals surface area contributed by atoms with E-state index in [0.29, 0.717) is 5.69 Å². The van der Waals surface area contributed by atoms with Crippen molar-refractivity contribution in [3.63, 3.8) is 0 Å². The number of rotatable bonds is 3. The van der Waals surface area contributed by atoms with Crippen molar-refractivity contribution >= 4 is 33.7 Å². The summed E-state index contributed by atoms with van der Waals surface area (Å²) in [7, 11) is 0. The molecule has 6 nitrogen and oxygen atoms in total. The van der Waals surface area contributed by atoms with Crippen LogP contribution in [-0.4, -0.2) is 35.7 Å². The zero-order valence-corrected chi connectivity index (χ0v) is 13.9. The van der Waals surface area contributed by atoms with Crippen LogP contribution in [0.5, 0.6) is 0 Å². The average Bonchev–Trinajstić information content (AvgIpc) is 2.36. The van der Waals surface area contributed by atoms with E-state index in [0.717, 1.165) is 9.37 Å². The highest BCUT2D eigenvalue weighted by Gasteiger charge is 2.26. The van der Waals surface area contributed by atoms with Gasteiger partial charge in [-0.1, -0.05) is 15.9 Å². The van der Waals surface area contributed by atoms with Gasteiger partial charge in [0, 0.05) is 23.2 Å². The Balaban J connectivity index is 2.77. The zero-order valence-electron chi connectivity index (χ0n) is 12.4. The number of benzene rings is 1. The molecule has 3 amide bonds. The highest BCUT2D eigenvalue weighted by atomic mass is 79.9. The fourth-order valence-electron chi connectivity index (χ4n) is 1.45. The summed E-state index contributed by atoms with van der Waals surface area (Å²) >= 11 is 3.31. The number of carbonyl (C=O) groups excluding carboxylic acids is 2. The van der Waals surface area contributed by atoms with Crippen molar-refractivity contribution in [1.29, 1.82) is 0 Å². The third-order valence-electron chi connectivity index (χ3n) is 2.31. The van der Waals surface area contributed by atoms with E-state index in [-0.39, 0.29) is 13.1 Å². The number of amides is 3. The molecular formula is C14H20BrN3O3. The van der Waals surface area contributed by atoms with Crippen LogP contribution >= 0.6 is 15.9 Å². The number of nitrogens with two attached hydrogens (primary N) is 1. The first-order chi connectivity index (χ1) is 9.73. The highest BCUT2D eigenvalue weighted by molar-refractivity contribution is 9.10. The van der Waals surface area contributed by atoms with Gasteiger partial charge in [-0.15, -0.1) is 0 Å². The lowest BCUT2D eigenvalue weighted by atomic mass is 10.2. The van der Waals surface area contributed by atoms with E-state index < -0.39 is 17.7 Å². The van der Waals surface area contributed by atoms with E-state index in [4.69, 9.17) is 10.5 Å². The second-order valence-corrected chi connectivity index (χ2v) is 6.27. The van der Waals surface area contributed by atoms with Gasteiger partial charge in [0.05, 0.1) is 0 Å². The van der Waals surface area contributed by atoms with E-state index in [2.05, 4.69) is 21.2 Å². The van der Waals surface area contributed by atoms with Crippen LogP contribution in [0, 0.1) is 0 Å². The molecular weight excluding hydrogens is 338 g/mol. The van der Waals surface area contributed by atoms with Crippen molar-refractivity contribution < 1.29 is 14.3 Å². The number of nitrogens with one attached hydrogen (secondary N) is 1.